The quantitative estimate of drug-likeness (QED) is 0.907. The average molecular weight is 286 g/mol. The van der Waals surface area contributed by atoms with Crippen LogP contribution in [0.2, 0.25) is 0 Å². The number of benzene rings is 1. The van der Waals surface area contributed by atoms with Crippen LogP contribution in [0.15, 0.2) is 18.2 Å². The van der Waals surface area contributed by atoms with Gasteiger partial charge in [-0.15, -0.1) is 0 Å². The summed E-state index contributed by atoms with van der Waals surface area (Å²) >= 11 is 0. The smallest absolute Gasteiger partial charge is 0.336 e. The number of methoxy groups -OCH3 is 1. The number of carboxylic acid groups (broad SMARTS) is 1. The molecule has 1 saturated heterocycles. The number of aromatic nitrogens is 1. The number of carbonyl (C=O) groups is 1. The summed E-state index contributed by atoms with van der Waals surface area (Å²) in [5.41, 5.74) is 2.59. The van der Waals surface area contributed by atoms with Gasteiger partial charge in [-0.3, -0.25) is 0 Å². The number of carboxylic acids is 1. The van der Waals surface area contributed by atoms with Crippen LogP contribution in [0.25, 0.3) is 10.9 Å². The number of nitrogens with zero attached hydrogens (tertiary/aromatic N) is 1. The van der Waals surface area contributed by atoms with Gasteiger partial charge in [0, 0.05) is 11.4 Å². The normalized spacial score (nSPS) is 18.1. The highest BCUT2D eigenvalue weighted by Crippen LogP contribution is 2.32. The van der Waals surface area contributed by atoms with E-state index in [1.54, 1.807) is 13.2 Å². The lowest BCUT2D eigenvalue weighted by atomic mass is 10.00. The first-order valence-electron chi connectivity index (χ1n) is 7.06. The second-order valence-corrected chi connectivity index (χ2v) is 5.36. The summed E-state index contributed by atoms with van der Waals surface area (Å²) in [6.45, 7) is 2.83. The fourth-order valence-corrected chi connectivity index (χ4v) is 2.95. The molecule has 110 valence electrons. The molecule has 0 bridgehead atoms. The maximum atomic E-state index is 11.6. The van der Waals surface area contributed by atoms with Gasteiger partial charge in [0.2, 0.25) is 0 Å². The molecule has 0 amide bonds. The van der Waals surface area contributed by atoms with E-state index in [0.717, 1.165) is 30.6 Å². The lowest BCUT2D eigenvalue weighted by molar-refractivity contribution is 0.0698. The zero-order valence-corrected chi connectivity index (χ0v) is 12.1. The molecule has 0 aliphatic carbocycles. The first-order valence-corrected chi connectivity index (χ1v) is 7.06. The molecule has 5 heteroatoms. The number of ether oxygens (including phenoxy) is 1. The molecule has 1 aliphatic heterocycles. The third kappa shape index (κ3) is 2.34. The predicted octanol–water partition coefficient (Wildman–Crippen LogP) is 2.67. The van der Waals surface area contributed by atoms with Gasteiger partial charge in [-0.25, -0.2) is 9.78 Å². The Balaban J connectivity index is 2.31. The van der Waals surface area contributed by atoms with Crippen LogP contribution < -0.4 is 10.1 Å². The van der Waals surface area contributed by atoms with Gasteiger partial charge in [0.05, 0.1) is 18.4 Å². The van der Waals surface area contributed by atoms with Gasteiger partial charge in [0.1, 0.15) is 11.3 Å². The number of aromatic carboxylic acids is 1. The van der Waals surface area contributed by atoms with Gasteiger partial charge in [0.15, 0.2) is 0 Å². The molecule has 5 nitrogen and oxygen atoms in total. The monoisotopic (exact) mass is 286 g/mol. The van der Waals surface area contributed by atoms with Crippen LogP contribution in [0.5, 0.6) is 5.75 Å². The number of fused-ring (bicyclic) bond motifs is 1. The molecule has 2 heterocycles. The molecule has 1 aromatic heterocycles. The second kappa shape index (κ2) is 5.33. The number of hydrogen-bond donors (Lipinski definition) is 2. The summed E-state index contributed by atoms with van der Waals surface area (Å²) in [6, 6.07) is 5.52. The van der Waals surface area contributed by atoms with Crippen LogP contribution in [0, 0.1) is 6.92 Å². The highest BCUT2D eigenvalue weighted by molar-refractivity contribution is 6.05. The summed E-state index contributed by atoms with van der Waals surface area (Å²) in [6.07, 6.45) is 2.06. The zero-order valence-electron chi connectivity index (χ0n) is 12.1. The van der Waals surface area contributed by atoms with Gasteiger partial charge in [-0.05, 0) is 44.0 Å². The Labute approximate surface area is 123 Å². The van der Waals surface area contributed by atoms with E-state index in [1.165, 1.54) is 0 Å². The number of hydrogen-bond acceptors (Lipinski definition) is 4. The van der Waals surface area contributed by atoms with Crippen LogP contribution in [0.3, 0.4) is 0 Å². The number of nitrogens with one attached hydrogen (secondary N) is 1. The molecule has 2 aromatic rings. The van der Waals surface area contributed by atoms with Crippen molar-refractivity contribution in [3.05, 3.63) is 35.0 Å². The maximum absolute atomic E-state index is 11.6. The molecule has 1 fully saturated rings. The Morgan fingerprint density at radius 1 is 1.48 bits per heavy atom. The van der Waals surface area contributed by atoms with Crippen molar-refractivity contribution in [3.63, 3.8) is 0 Å². The molecule has 0 saturated carbocycles. The minimum Gasteiger partial charge on any atom is -0.494 e. The van der Waals surface area contributed by atoms with Crippen molar-refractivity contribution >= 4 is 16.9 Å². The van der Waals surface area contributed by atoms with Crippen LogP contribution >= 0.6 is 0 Å². The van der Waals surface area contributed by atoms with Crippen molar-refractivity contribution in [2.24, 2.45) is 0 Å². The molecule has 21 heavy (non-hydrogen) atoms. The summed E-state index contributed by atoms with van der Waals surface area (Å²) in [7, 11) is 1.58. The maximum Gasteiger partial charge on any atom is 0.336 e. The zero-order chi connectivity index (χ0) is 15.0. The molecule has 1 aliphatic rings. The van der Waals surface area contributed by atoms with Gasteiger partial charge < -0.3 is 15.2 Å². The molecule has 3 rings (SSSR count). The van der Waals surface area contributed by atoms with E-state index in [-0.39, 0.29) is 6.04 Å². The van der Waals surface area contributed by atoms with E-state index in [2.05, 4.69) is 10.3 Å². The Morgan fingerprint density at radius 3 is 2.90 bits per heavy atom. The molecule has 0 spiro atoms. The van der Waals surface area contributed by atoms with E-state index in [4.69, 9.17) is 4.74 Å². The van der Waals surface area contributed by atoms with Gasteiger partial charge >= 0.3 is 5.97 Å². The Bertz CT molecular complexity index is 706. The van der Waals surface area contributed by atoms with Crippen molar-refractivity contribution in [3.8, 4) is 5.75 Å². The van der Waals surface area contributed by atoms with Gasteiger partial charge in [-0.1, -0.05) is 6.07 Å². The minimum atomic E-state index is -0.932. The molecule has 0 radical (unpaired) electrons. The molecule has 1 atom stereocenters. The predicted molar refractivity (Wildman–Crippen MR) is 80.0 cm³/mol. The fourth-order valence-electron chi connectivity index (χ4n) is 2.95. The third-order valence-electron chi connectivity index (χ3n) is 4.02. The van der Waals surface area contributed by atoms with E-state index in [9.17, 15) is 9.90 Å². The fraction of sp³-hybridized carbons (Fsp3) is 0.375. The molecule has 1 aromatic carbocycles. The van der Waals surface area contributed by atoms with Crippen LogP contribution in [-0.2, 0) is 0 Å². The van der Waals surface area contributed by atoms with Crippen molar-refractivity contribution in [2.75, 3.05) is 13.7 Å². The molecular formula is C16H18N2O3. The van der Waals surface area contributed by atoms with Crippen molar-refractivity contribution in [1.29, 1.82) is 0 Å². The SMILES string of the molecule is COc1ccc(C)c2c(C(=O)O)cc(C3CCCN3)nc12. The molecule has 2 N–H and O–H groups in total. The summed E-state index contributed by atoms with van der Waals surface area (Å²) in [4.78, 5) is 16.3. The lowest BCUT2D eigenvalue weighted by Gasteiger charge is -2.15. The van der Waals surface area contributed by atoms with Gasteiger partial charge in [0.25, 0.3) is 0 Å². The summed E-state index contributed by atoms with van der Waals surface area (Å²) < 4.78 is 5.36. The Kier molecular flexibility index (Phi) is 3.51. The van der Waals surface area contributed by atoms with E-state index >= 15 is 0 Å². The van der Waals surface area contributed by atoms with E-state index in [0.29, 0.717) is 22.2 Å². The second-order valence-electron chi connectivity index (χ2n) is 5.36. The van der Waals surface area contributed by atoms with Crippen LogP contribution in [0.4, 0.5) is 0 Å². The largest absolute Gasteiger partial charge is 0.494 e. The average Bonchev–Trinajstić information content (AvgIpc) is 3.00. The number of pyridine rings is 1. The number of aryl methyl sites for hydroxylation is 1. The van der Waals surface area contributed by atoms with Crippen molar-refractivity contribution in [1.82, 2.24) is 10.3 Å². The van der Waals surface area contributed by atoms with Gasteiger partial charge in [-0.2, -0.15) is 0 Å². The van der Waals surface area contributed by atoms with Crippen LogP contribution in [-0.4, -0.2) is 29.7 Å². The lowest BCUT2D eigenvalue weighted by Crippen LogP contribution is -2.15. The summed E-state index contributed by atoms with van der Waals surface area (Å²) in [5.74, 6) is -0.323. The summed E-state index contributed by atoms with van der Waals surface area (Å²) in [5, 5.41) is 13.6. The topological polar surface area (TPSA) is 71.5 Å². The third-order valence-corrected chi connectivity index (χ3v) is 4.02. The van der Waals surface area contributed by atoms with E-state index in [1.807, 2.05) is 19.1 Å². The van der Waals surface area contributed by atoms with Crippen molar-refractivity contribution < 1.29 is 14.6 Å². The van der Waals surface area contributed by atoms with E-state index < -0.39 is 5.97 Å². The Morgan fingerprint density at radius 2 is 2.29 bits per heavy atom. The molecular weight excluding hydrogens is 268 g/mol. The minimum absolute atomic E-state index is 0.123. The standard InChI is InChI=1S/C16H18N2O3/c1-9-5-6-13(21-2)15-14(9)10(16(19)20)8-12(18-15)11-4-3-7-17-11/h5-6,8,11,17H,3-4,7H2,1-2H3,(H,19,20). The Hall–Kier alpha value is -2.14. The first kappa shape index (κ1) is 13.8. The number of rotatable bonds is 3. The molecule has 1 unspecified atom stereocenters. The highest BCUT2D eigenvalue weighted by Gasteiger charge is 2.22. The van der Waals surface area contributed by atoms with Crippen LogP contribution in [0.1, 0.15) is 40.5 Å². The highest BCUT2D eigenvalue weighted by atomic mass is 16.5. The first-order chi connectivity index (χ1) is 10.1. The van der Waals surface area contributed by atoms with Crippen molar-refractivity contribution in [2.45, 2.75) is 25.8 Å².